The van der Waals surface area contributed by atoms with Crippen molar-refractivity contribution in [1.29, 1.82) is 0 Å². The predicted molar refractivity (Wildman–Crippen MR) is 285 cm³/mol. The number of allylic oxidation sites excluding steroid dienone is 15. The van der Waals surface area contributed by atoms with E-state index < -0.39 is 26.0 Å². The summed E-state index contributed by atoms with van der Waals surface area (Å²) in [6, 6.07) is 20.7. The van der Waals surface area contributed by atoms with E-state index in [-0.39, 0.29) is 77.3 Å². The molecule has 0 bridgehead atoms. The number of phenolic OH excluding ortho intramolecular Hbond substituents is 2. The van der Waals surface area contributed by atoms with Gasteiger partial charge in [-0.3, -0.25) is 4.18 Å². The van der Waals surface area contributed by atoms with E-state index in [1.54, 1.807) is 86.7 Å². The van der Waals surface area contributed by atoms with Crippen molar-refractivity contribution in [3.63, 3.8) is 0 Å². The maximum atomic E-state index is 10.6. The van der Waals surface area contributed by atoms with Gasteiger partial charge in [-0.05, 0) is 127 Å². The number of phenols is 2. The van der Waals surface area contributed by atoms with E-state index in [1.165, 1.54) is 6.07 Å². The minimum absolute atomic E-state index is 0. The monoisotopic (exact) mass is 1070 g/mol. The van der Waals surface area contributed by atoms with Gasteiger partial charge in [0.05, 0.1) is 45.8 Å². The molecule has 0 aliphatic carbocycles. The van der Waals surface area contributed by atoms with E-state index in [0.29, 0.717) is 52.7 Å². The fraction of sp³-hybridized carbons (Fsp3) is 0.222. The standard InChI is InChI=1S/C19H19N3O4S.C16H13N3O.C10H8N2O.C6H7NO.C3H6O3S.Na/c1-14-11-16(19(20-3)21-4)12-15(2)22(14)17-7-5-8-18(13-17)26-9-6-10-27(23,24)25;1-11-8-13(16(17-3)18-4)9-12(2)19(11)14-6-5-7-15(20)10-14;1-7-5-9(6-8(2)13-7)10(11-3)12-4;7-5-2-1-3-6(8)4-5;4-7(5)3-1-2-6-7;/h5,7-8,11-13H,6,9-10H2,1-2H3,(H,23,24,25);5-10,20H,1-2H3;5-6H,1-2H3;1-4,8H,7H2;1-3H2;/q;;;;;+1/p-1. The molecule has 0 atom stereocenters. The van der Waals surface area contributed by atoms with Crippen LogP contribution in [0.15, 0.2) is 178 Å². The van der Waals surface area contributed by atoms with Crippen molar-refractivity contribution in [3.05, 3.63) is 246 Å². The third-order valence-corrected chi connectivity index (χ3v) is 12.1. The summed E-state index contributed by atoms with van der Waals surface area (Å²) in [5.41, 5.74) is 12.9. The third-order valence-electron chi connectivity index (χ3n) is 9.96. The van der Waals surface area contributed by atoms with Crippen LogP contribution in [0.3, 0.4) is 0 Å². The van der Waals surface area contributed by atoms with Crippen LogP contribution in [0.1, 0.15) is 54.4 Å². The molecule has 19 nitrogen and oxygen atoms in total. The molecule has 0 radical (unpaired) electrons. The van der Waals surface area contributed by atoms with Crippen molar-refractivity contribution in [2.24, 2.45) is 0 Å². The van der Waals surface area contributed by atoms with Crippen LogP contribution < -0.4 is 49.8 Å². The number of hydrogen-bond acceptors (Lipinski definition) is 13. The van der Waals surface area contributed by atoms with Gasteiger partial charge in [0, 0.05) is 63.8 Å². The summed E-state index contributed by atoms with van der Waals surface area (Å²) >= 11 is 0. The molecule has 4 heterocycles. The van der Waals surface area contributed by atoms with Gasteiger partial charge in [-0.25, -0.2) is 8.42 Å². The van der Waals surface area contributed by atoms with Crippen LogP contribution >= 0.6 is 0 Å². The van der Waals surface area contributed by atoms with E-state index in [2.05, 4.69) is 33.3 Å². The molecule has 0 saturated carbocycles. The molecule has 3 aromatic carbocycles. The molecule has 1 saturated heterocycles. The van der Waals surface area contributed by atoms with Crippen LogP contribution in [0.4, 0.5) is 17.1 Å². The SMILES string of the molecule is Nc1cccc(O)c1.O=S1(=O)CCCO1.[C-]#[N+]C([N+]#[C-])=C1C=C(C)N(c2cccc(O)c2)C(C)=C1.[C-]#[N+]C([N+]#[C-])=C1C=C(C)N(c2cccc(OCCCS(=O)(=O)[O-])c2)C(C)=C1.[C-]#[N+]C([N+]#[C-])=C1C=C(C)OC(C)=C1.[Na+]. The normalized spacial score (nSPS) is 14.7. The number of aromatic hydroxyl groups is 2. The van der Waals surface area contributed by atoms with Crippen molar-refractivity contribution in [2.75, 3.05) is 40.3 Å². The number of hydrogen-bond donors (Lipinski definition) is 3. The third kappa shape index (κ3) is 20.9. The van der Waals surface area contributed by atoms with Crippen LogP contribution in [-0.4, -0.2) is 56.3 Å². The summed E-state index contributed by atoms with van der Waals surface area (Å²) in [5, 5.41) is 18.3. The molecule has 7 rings (SSSR count). The van der Waals surface area contributed by atoms with Gasteiger partial charge in [0.25, 0.3) is 10.1 Å². The maximum absolute atomic E-state index is 10.6. The molecule has 0 amide bonds. The fourth-order valence-electron chi connectivity index (χ4n) is 7.03. The Kier molecular flexibility index (Phi) is 25.8. The summed E-state index contributed by atoms with van der Waals surface area (Å²) in [5.74, 6) is 2.31. The topological polar surface area (TPSA) is 218 Å². The Bertz CT molecular complexity index is 3300. The molecule has 3 aromatic rings. The Balaban J connectivity index is 0.000000352. The molecule has 22 heteroatoms. The second kappa shape index (κ2) is 30.8. The molecule has 0 unspecified atom stereocenters. The van der Waals surface area contributed by atoms with E-state index in [0.717, 1.165) is 34.2 Å². The Morgan fingerprint density at radius 1 is 0.658 bits per heavy atom. The summed E-state index contributed by atoms with van der Waals surface area (Å²) in [6.07, 6.45) is 11.3. The number of benzene rings is 3. The zero-order chi connectivity index (χ0) is 55.9. The molecule has 1 fully saturated rings. The van der Waals surface area contributed by atoms with E-state index >= 15 is 0 Å². The van der Waals surface area contributed by atoms with Gasteiger partial charge in [-0.1, -0.05) is 18.2 Å². The van der Waals surface area contributed by atoms with E-state index in [4.69, 9.17) is 59.7 Å². The Hall–Kier alpha value is -8.32. The number of ether oxygens (including phenoxy) is 2. The molecule has 386 valence electrons. The van der Waals surface area contributed by atoms with Gasteiger partial charge in [0.1, 0.15) is 68.2 Å². The number of rotatable bonds is 7. The molecule has 4 aliphatic rings. The second-order valence-corrected chi connectivity index (χ2v) is 19.2. The van der Waals surface area contributed by atoms with Gasteiger partial charge >= 0.3 is 47.0 Å². The first-order chi connectivity index (χ1) is 35.5. The quantitative estimate of drug-likeness (QED) is 0.0507. The number of nitrogen functional groups attached to an aromatic ring is 1. The van der Waals surface area contributed by atoms with Crippen molar-refractivity contribution in [3.8, 4) is 17.2 Å². The fourth-order valence-corrected chi connectivity index (χ4v) is 8.46. The van der Waals surface area contributed by atoms with Crippen LogP contribution in [0.25, 0.3) is 29.1 Å². The number of anilines is 3. The largest absolute Gasteiger partial charge is 1.00 e. The molecule has 4 aliphatic heterocycles. The molecule has 0 aromatic heterocycles. The number of nitrogens with two attached hydrogens (primary N) is 1. The van der Waals surface area contributed by atoms with E-state index in [9.17, 15) is 26.5 Å². The predicted octanol–water partition coefficient (Wildman–Crippen LogP) is 8.34. The molecular weight excluding hydrogens is 1020 g/mol. The minimum Gasteiger partial charge on any atom is -0.748 e. The van der Waals surface area contributed by atoms with Crippen LogP contribution in [0, 0.1) is 39.4 Å². The average Bonchev–Trinajstić information content (AvgIpc) is 3.75. The zero-order valence-electron chi connectivity index (χ0n) is 42.8. The van der Waals surface area contributed by atoms with Gasteiger partial charge in [-0.15, -0.1) is 0 Å². The summed E-state index contributed by atoms with van der Waals surface area (Å²) in [7, 11) is -7.28. The number of nitrogens with zero attached hydrogens (tertiary/aromatic N) is 8. The van der Waals surface area contributed by atoms with Crippen molar-refractivity contribution < 1.29 is 74.8 Å². The average molecular weight is 1070 g/mol. The van der Waals surface area contributed by atoms with Crippen LogP contribution in [0.2, 0.25) is 0 Å². The van der Waals surface area contributed by atoms with Crippen LogP contribution in [0.5, 0.6) is 17.2 Å². The zero-order valence-corrected chi connectivity index (χ0v) is 46.4. The van der Waals surface area contributed by atoms with Gasteiger partial charge < -0.3 is 39.8 Å². The summed E-state index contributed by atoms with van der Waals surface area (Å²) in [6.45, 7) is 53.5. The Morgan fingerprint density at radius 3 is 1.41 bits per heavy atom. The summed E-state index contributed by atoms with van der Waals surface area (Å²) < 4.78 is 67.4. The molecule has 4 N–H and O–H groups in total. The van der Waals surface area contributed by atoms with Gasteiger partial charge in [-0.2, -0.15) is 37.5 Å². The van der Waals surface area contributed by atoms with Crippen molar-refractivity contribution in [1.82, 2.24) is 0 Å². The van der Waals surface area contributed by atoms with Crippen LogP contribution in [-0.2, 0) is 29.2 Å². The Morgan fingerprint density at radius 2 is 1.07 bits per heavy atom. The van der Waals surface area contributed by atoms with E-state index in [1.807, 2.05) is 67.8 Å². The molecular formula is C54H52N9NaO10S2. The second-order valence-electron chi connectivity index (χ2n) is 15.9. The van der Waals surface area contributed by atoms with Crippen molar-refractivity contribution >= 4 is 37.3 Å². The van der Waals surface area contributed by atoms with Gasteiger partial charge in [0.15, 0.2) is 0 Å². The summed E-state index contributed by atoms with van der Waals surface area (Å²) in [4.78, 5) is 23.2. The maximum Gasteiger partial charge on any atom is 1.00 e. The molecule has 76 heavy (non-hydrogen) atoms. The van der Waals surface area contributed by atoms with Gasteiger partial charge in [0.2, 0.25) is 0 Å². The van der Waals surface area contributed by atoms with Crippen molar-refractivity contribution in [2.45, 2.75) is 54.4 Å². The molecule has 0 spiro atoms. The Labute approximate surface area is 467 Å². The smallest absolute Gasteiger partial charge is 0.748 e. The minimum atomic E-state index is -4.23. The first kappa shape index (κ1) is 63.8. The first-order valence-corrected chi connectivity index (χ1v) is 25.4. The first-order valence-electron chi connectivity index (χ1n) is 22.2.